The molecule has 0 radical (unpaired) electrons. The van der Waals surface area contributed by atoms with E-state index in [0.29, 0.717) is 23.3 Å². The standard InChI is InChI=1S/C23H23NO3/c1-13-3-8-19(11-14(13)2)27-18-9-6-17(7-10-18)24-22(25)20-15-4-5-16(12-15)21(20)23(24)26/h3,6-11,15-16,20-21H,4-5,12H2,1-2H3/t15-,16+,20-,21+. The Morgan fingerprint density at radius 2 is 1.41 bits per heavy atom. The Hall–Kier alpha value is -2.62. The SMILES string of the molecule is Cc1ccc(Oc2ccc(N3C(=O)[C@@H]4[C@@H]5CC[C@@H](C5)[C@@H]4C3=O)cc2)cc1C. The summed E-state index contributed by atoms with van der Waals surface area (Å²) in [7, 11) is 0. The summed E-state index contributed by atoms with van der Waals surface area (Å²) in [6.07, 6.45) is 3.26. The van der Waals surface area contributed by atoms with E-state index in [1.165, 1.54) is 16.0 Å². The molecule has 0 unspecified atom stereocenters. The third-order valence-electron chi connectivity index (χ3n) is 6.74. The highest BCUT2D eigenvalue weighted by Crippen LogP contribution is 2.56. The molecule has 4 nitrogen and oxygen atoms in total. The first-order chi connectivity index (χ1) is 13.0. The van der Waals surface area contributed by atoms with Crippen LogP contribution < -0.4 is 9.64 Å². The van der Waals surface area contributed by atoms with Crippen LogP contribution in [0.3, 0.4) is 0 Å². The molecule has 2 bridgehead atoms. The zero-order valence-corrected chi connectivity index (χ0v) is 15.6. The molecule has 5 rings (SSSR count). The molecule has 1 aliphatic heterocycles. The Morgan fingerprint density at radius 3 is 2.00 bits per heavy atom. The van der Waals surface area contributed by atoms with Gasteiger partial charge in [0, 0.05) is 0 Å². The van der Waals surface area contributed by atoms with Crippen LogP contribution in [0.25, 0.3) is 0 Å². The maximum atomic E-state index is 12.9. The second kappa shape index (κ2) is 5.95. The highest BCUT2D eigenvalue weighted by molar-refractivity contribution is 6.22. The first-order valence-corrected chi connectivity index (χ1v) is 9.76. The predicted octanol–water partition coefficient (Wildman–Crippen LogP) is 4.63. The quantitative estimate of drug-likeness (QED) is 0.749. The van der Waals surface area contributed by atoms with Gasteiger partial charge in [-0.05, 0) is 92.5 Å². The van der Waals surface area contributed by atoms with Crippen molar-refractivity contribution in [2.75, 3.05) is 4.90 Å². The van der Waals surface area contributed by atoms with Gasteiger partial charge in [-0.25, -0.2) is 0 Å². The number of fused-ring (bicyclic) bond motifs is 5. The van der Waals surface area contributed by atoms with Gasteiger partial charge in [0.25, 0.3) is 0 Å². The van der Waals surface area contributed by atoms with E-state index < -0.39 is 0 Å². The Kier molecular flexibility index (Phi) is 3.64. The fraction of sp³-hybridized carbons (Fsp3) is 0.391. The molecule has 2 aromatic carbocycles. The molecule has 2 aromatic rings. The van der Waals surface area contributed by atoms with E-state index in [1.807, 2.05) is 42.5 Å². The fourth-order valence-corrected chi connectivity index (χ4v) is 5.24. The van der Waals surface area contributed by atoms with Crippen molar-refractivity contribution in [3.05, 3.63) is 53.6 Å². The number of rotatable bonds is 3. The molecule has 4 heteroatoms. The minimum absolute atomic E-state index is 0.0000257. The average Bonchev–Trinajstić information content (AvgIpc) is 3.33. The summed E-state index contributed by atoms with van der Waals surface area (Å²) < 4.78 is 5.92. The number of aryl methyl sites for hydroxylation is 2. The largest absolute Gasteiger partial charge is 0.457 e. The number of carbonyl (C=O) groups is 2. The Balaban J connectivity index is 1.37. The average molecular weight is 361 g/mol. The van der Waals surface area contributed by atoms with Crippen molar-refractivity contribution in [3.8, 4) is 11.5 Å². The van der Waals surface area contributed by atoms with Gasteiger partial charge in [0.1, 0.15) is 11.5 Å². The third kappa shape index (κ3) is 2.50. The molecule has 27 heavy (non-hydrogen) atoms. The lowest BCUT2D eigenvalue weighted by atomic mass is 9.81. The van der Waals surface area contributed by atoms with E-state index in [2.05, 4.69) is 13.8 Å². The maximum absolute atomic E-state index is 12.9. The lowest BCUT2D eigenvalue weighted by Gasteiger charge is -2.19. The first-order valence-electron chi connectivity index (χ1n) is 9.76. The van der Waals surface area contributed by atoms with E-state index >= 15 is 0 Å². The van der Waals surface area contributed by atoms with Crippen LogP contribution in [0.2, 0.25) is 0 Å². The molecule has 0 aromatic heterocycles. The minimum Gasteiger partial charge on any atom is -0.457 e. The number of benzene rings is 2. The summed E-state index contributed by atoms with van der Waals surface area (Å²) in [5, 5.41) is 0. The number of hydrogen-bond acceptors (Lipinski definition) is 3. The van der Waals surface area contributed by atoms with Crippen molar-refractivity contribution in [1.29, 1.82) is 0 Å². The number of nitrogens with zero attached hydrogens (tertiary/aromatic N) is 1. The summed E-state index contributed by atoms with van der Waals surface area (Å²) >= 11 is 0. The maximum Gasteiger partial charge on any atom is 0.237 e. The van der Waals surface area contributed by atoms with Gasteiger partial charge < -0.3 is 4.74 Å². The second-order valence-corrected chi connectivity index (χ2v) is 8.24. The van der Waals surface area contributed by atoms with Gasteiger partial charge in [-0.3, -0.25) is 14.5 Å². The molecule has 1 heterocycles. The van der Waals surface area contributed by atoms with E-state index in [-0.39, 0.29) is 23.7 Å². The minimum atomic E-state index is -0.0808. The second-order valence-electron chi connectivity index (χ2n) is 8.24. The van der Waals surface area contributed by atoms with Crippen molar-refractivity contribution < 1.29 is 14.3 Å². The smallest absolute Gasteiger partial charge is 0.237 e. The van der Waals surface area contributed by atoms with Gasteiger partial charge in [0.05, 0.1) is 17.5 Å². The van der Waals surface area contributed by atoms with Crippen LogP contribution in [0.5, 0.6) is 11.5 Å². The van der Waals surface area contributed by atoms with Crippen molar-refractivity contribution in [1.82, 2.24) is 0 Å². The lowest BCUT2D eigenvalue weighted by Crippen LogP contribution is -2.32. The normalized spacial score (nSPS) is 28.7. The Morgan fingerprint density at radius 1 is 0.815 bits per heavy atom. The van der Waals surface area contributed by atoms with Gasteiger partial charge >= 0.3 is 0 Å². The molecule has 3 fully saturated rings. The molecule has 3 aliphatic rings. The van der Waals surface area contributed by atoms with Crippen LogP contribution in [0.4, 0.5) is 5.69 Å². The topological polar surface area (TPSA) is 46.6 Å². The number of hydrogen-bond donors (Lipinski definition) is 0. The van der Waals surface area contributed by atoms with Crippen molar-refractivity contribution in [2.24, 2.45) is 23.7 Å². The summed E-state index contributed by atoms with van der Waals surface area (Å²) in [5.74, 6) is 2.14. The molecule has 2 saturated carbocycles. The van der Waals surface area contributed by atoms with Crippen LogP contribution in [-0.4, -0.2) is 11.8 Å². The molecular weight excluding hydrogens is 338 g/mol. The van der Waals surface area contributed by atoms with E-state index in [9.17, 15) is 9.59 Å². The first kappa shape index (κ1) is 16.5. The van der Waals surface area contributed by atoms with Crippen LogP contribution in [0.1, 0.15) is 30.4 Å². The summed E-state index contributed by atoms with van der Waals surface area (Å²) in [6, 6.07) is 13.3. The van der Waals surface area contributed by atoms with Crippen LogP contribution in [-0.2, 0) is 9.59 Å². The van der Waals surface area contributed by atoms with E-state index in [1.54, 1.807) is 0 Å². The van der Waals surface area contributed by atoms with Crippen LogP contribution in [0, 0.1) is 37.5 Å². The molecule has 138 valence electrons. The molecular formula is C23H23NO3. The van der Waals surface area contributed by atoms with Gasteiger partial charge in [-0.15, -0.1) is 0 Å². The van der Waals surface area contributed by atoms with Crippen molar-refractivity contribution in [3.63, 3.8) is 0 Å². The highest BCUT2D eigenvalue weighted by Gasteiger charge is 2.61. The molecule has 1 saturated heterocycles. The molecule has 4 atom stereocenters. The van der Waals surface area contributed by atoms with E-state index in [0.717, 1.165) is 25.0 Å². The van der Waals surface area contributed by atoms with Crippen molar-refractivity contribution >= 4 is 17.5 Å². The Bertz CT molecular complexity index is 905. The summed E-state index contributed by atoms with van der Waals surface area (Å²) in [4.78, 5) is 27.2. The van der Waals surface area contributed by atoms with Gasteiger partial charge in [0.2, 0.25) is 11.8 Å². The van der Waals surface area contributed by atoms with Crippen LogP contribution in [0.15, 0.2) is 42.5 Å². The van der Waals surface area contributed by atoms with Gasteiger partial charge in [0.15, 0.2) is 0 Å². The zero-order chi connectivity index (χ0) is 18.7. The van der Waals surface area contributed by atoms with Gasteiger partial charge in [-0.1, -0.05) is 6.07 Å². The van der Waals surface area contributed by atoms with Crippen LogP contribution >= 0.6 is 0 Å². The number of imide groups is 1. The molecule has 0 N–H and O–H groups in total. The number of ether oxygens (including phenoxy) is 1. The zero-order valence-electron chi connectivity index (χ0n) is 15.6. The number of carbonyl (C=O) groups excluding carboxylic acids is 2. The summed E-state index contributed by atoms with van der Waals surface area (Å²) in [6.45, 7) is 4.12. The summed E-state index contributed by atoms with van der Waals surface area (Å²) in [5.41, 5.74) is 3.06. The van der Waals surface area contributed by atoms with Gasteiger partial charge in [-0.2, -0.15) is 0 Å². The number of anilines is 1. The molecule has 0 spiro atoms. The Labute approximate surface area is 159 Å². The number of amides is 2. The fourth-order valence-electron chi connectivity index (χ4n) is 5.24. The predicted molar refractivity (Wildman–Crippen MR) is 103 cm³/mol. The van der Waals surface area contributed by atoms with Crippen molar-refractivity contribution in [2.45, 2.75) is 33.1 Å². The monoisotopic (exact) mass is 361 g/mol. The highest BCUT2D eigenvalue weighted by atomic mass is 16.5. The lowest BCUT2D eigenvalue weighted by molar-refractivity contribution is -0.123. The van der Waals surface area contributed by atoms with E-state index in [4.69, 9.17) is 4.74 Å². The third-order valence-corrected chi connectivity index (χ3v) is 6.74. The molecule has 2 amide bonds. The molecule has 2 aliphatic carbocycles.